The fraction of sp³-hybridized carbons (Fsp3) is 0.500. The average Bonchev–Trinajstić information content (AvgIpc) is 3.41. The van der Waals surface area contributed by atoms with Gasteiger partial charge in [-0.2, -0.15) is 23.5 Å². The molecule has 2 fully saturated rings. The molecular formula is C24H27F3N6O2. The molecule has 186 valence electrons. The number of hydrogen-bond donors (Lipinski definition) is 1. The molecule has 11 heteroatoms. The van der Waals surface area contributed by atoms with Gasteiger partial charge in [0, 0.05) is 44.6 Å². The van der Waals surface area contributed by atoms with Crippen LogP contribution in [0.3, 0.4) is 0 Å². The molecule has 35 heavy (non-hydrogen) atoms. The predicted octanol–water partition coefficient (Wildman–Crippen LogP) is 2.71. The van der Waals surface area contributed by atoms with E-state index in [0.717, 1.165) is 17.8 Å². The molecule has 2 aliphatic heterocycles. The van der Waals surface area contributed by atoms with Gasteiger partial charge >= 0.3 is 6.18 Å². The van der Waals surface area contributed by atoms with E-state index in [9.17, 15) is 22.8 Å². The third-order valence-electron chi connectivity index (χ3n) is 7.29. The lowest BCUT2D eigenvalue weighted by molar-refractivity contribution is -0.137. The van der Waals surface area contributed by atoms with E-state index in [0.29, 0.717) is 43.9 Å². The number of aromatic nitrogens is 2. The molecule has 2 aromatic rings. The summed E-state index contributed by atoms with van der Waals surface area (Å²) >= 11 is 0. The van der Waals surface area contributed by atoms with E-state index in [1.165, 1.54) is 6.07 Å². The van der Waals surface area contributed by atoms with E-state index in [2.05, 4.69) is 5.10 Å². The van der Waals surface area contributed by atoms with Gasteiger partial charge in [-0.3, -0.25) is 14.3 Å². The fourth-order valence-corrected chi connectivity index (χ4v) is 5.24. The number of benzene rings is 1. The van der Waals surface area contributed by atoms with Crippen LogP contribution in [-0.4, -0.2) is 52.7 Å². The summed E-state index contributed by atoms with van der Waals surface area (Å²) in [4.78, 5) is 28.6. The molecule has 2 N–H and O–H groups in total. The van der Waals surface area contributed by atoms with Crippen LogP contribution < -0.4 is 10.6 Å². The van der Waals surface area contributed by atoms with Crippen molar-refractivity contribution in [2.45, 2.75) is 25.9 Å². The number of nitriles is 1. The highest BCUT2D eigenvalue weighted by atomic mass is 19.4. The van der Waals surface area contributed by atoms with Gasteiger partial charge in [0.1, 0.15) is 0 Å². The Balaban J connectivity index is 1.48. The van der Waals surface area contributed by atoms with Crippen molar-refractivity contribution in [2.24, 2.45) is 30.5 Å². The number of carbonyl (C=O) groups excluding carboxylic acids is 2. The minimum absolute atomic E-state index is 0.104. The van der Waals surface area contributed by atoms with E-state index in [4.69, 9.17) is 11.0 Å². The molecule has 0 aliphatic carbocycles. The molecule has 4 rings (SSSR count). The van der Waals surface area contributed by atoms with Gasteiger partial charge in [0.05, 0.1) is 23.1 Å². The molecular weight excluding hydrogens is 461 g/mol. The number of primary amides is 1. The monoisotopic (exact) mass is 488 g/mol. The third kappa shape index (κ3) is 4.83. The lowest BCUT2D eigenvalue weighted by Gasteiger charge is -2.35. The maximum Gasteiger partial charge on any atom is 0.417 e. The summed E-state index contributed by atoms with van der Waals surface area (Å²) < 4.78 is 42.0. The highest BCUT2D eigenvalue weighted by molar-refractivity contribution is 5.92. The molecule has 0 bridgehead atoms. The summed E-state index contributed by atoms with van der Waals surface area (Å²) in [5.41, 5.74) is 5.84. The SMILES string of the molecule is Cc1cc(C(=O)N2CCC(C3CN(c4ccc(C#N)c(C(F)(F)F)c4)CC3C(N)=O)CC2)nn1C. The van der Waals surface area contributed by atoms with Crippen LogP contribution in [0.15, 0.2) is 24.3 Å². The Bertz CT molecular complexity index is 1160. The predicted molar refractivity (Wildman–Crippen MR) is 121 cm³/mol. The van der Waals surface area contributed by atoms with Crippen LogP contribution in [0, 0.1) is 36.0 Å². The summed E-state index contributed by atoms with van der Waals surface area (Å²) in [6, 6.07) is 6.94. The number of halogens is 3. The van der Waals surface area contributed by atoms with Crippen molar-refractivity contribution in [1.29, 1.82) is 5.26 Å². The van der Waals surface area contributed by atoms with Gasteiger partial charge in [0.25, 0.3) is 5.91 Å². The van der Waals surface area contributed by atoms with Gasteiger partial charge in [-0.15, -0.1) is 0 Å². The Morgan fingerprint density at radius 1 is 1.17 bits per heavy atom. The maximum absolute atomic E-state index is 13.4. The largest absolute Gasteiger partial charge is 0.417 e. The minimum Gasteiger partial charge on any atom is -0.370 e. The third-order valence-corrected chi connectivity index (χ3v) is 7.29. The van der Waals surface area contributed by atoms with E-state index in [1.807, 2.05) is 6.92 Å². The number of anilines is 1. The van der Waals surface area contributed by atoms with Crippen molar-refractivity contribution in [3.05, 3.63) is 46.8 Å². The summed E-state index contributed by atoms with van der Waals surface area (Å²) in [7, 11) is 1.78. The highest BCUT2D eigenvalue weighted by Gasteiger charge is 2.43. The number of carbonyl (C=O) groups is 2. The van der Waals surface area contributed by atoms with Crippen LogP contribution in [0.5, 0.6) is 0 Å². The normalized spacial score (nSPS) is 21.3. The zero-order valence-corrected chi connectivity index (χ0v) is 19.5. The van der Waals surface area contributed by atoms with Crippen LogP contribution in [0.2, 0.25) is 0 Å². The van der Waals surface area contributed by atoms with Gasteiger partial charge in [-0.1, -0.05) is 0 Å². The number of rotatable bonds is 4. The van der Waals surface area contributed by atoms with Crippen molar-refractivity contribution >= 4 is 17.5 Å². The molecule has 2 saturated heterocycles. The van der Waals surface area contributed by atoms with Gasteiger partial charge < -0.3 is 15.5 Å². The molecule has 2 amide bonds. The van der Waals surface area contributed by atoms with Crippen molar-refractivity contribution in [1.82, 2.24) is 14.7 Å². The Morgan fingerprint density at radius 3 is 2.40 bits per heavy atom. The van der Waals surface area contributed by atoms with Gasteiger partial charge in [0.15, 0.2) is 5.69 Å². The molecule has 2 aliphatic rings. The average molecular weight is 489 g/mol. The molecule has 3 heterocycles. The van der Waals surface area contributed by atoms with Crippen LogP contribution >= 0.6 is 0 Å². The zero-order valence-electron chi connectivity index (χ0n) is 19.5. The second-order valence-corrected chi connectivity index (χ2v) is 9.34. The van der Waals surface area contributed by atoms with Crippen molar-refractivity contribution in [2.75, 3.05) is 31.1 Å². The Morgan fingerprint density at radius 2 is 1.86 bits per heavy atom. The summed E-state index contributed by atoms with van der Waals surface area (Å²) in [5, 5.41) is 13.3. The minimum atomic E-state index is -4.66. The first-order valence-corrected chi connectivity index (χ1v) is 11.4. The number of piperidine rings is 1. The van der Waals surface area contributed by atoms with E-state index in [-0.39, 0.29) is 24.3 Å². The molecule has 0 radical (unpaired) electrons. The van der Waals surface area contributed by atoms with E-state index >= 15 is 0 Å². The molecule has 2 unspecified atom stereocenters. The number of amides is 2. The van der Waals surface area contributed by atoms with Crippen molar-refractivity contribution in [3.8, 4) is 6.07 Å². The van der Waals surface area contributed by atoms with Crippen LogP contribution in [-0.2, 0) is 18.0 Å². The summed E-state index contributed by atoms with van der Waals surface area (Å²) in [5.74, 6) is -1.15. The van der Waals surface area contributed by atoms with Crippen LogP contribution in [0.4, 0.5) is 18.9 Å². The van der Waals surface area contributed by atoms with Gasteiger partial charge in [0.2, 0.25) is 5.91 Å². The molecule has 0 saturated carbocycles. The second kappa shape index (κ2) is 9.24. The van der Waals surface area contributed by atoms with E-state index < -0.39 is 29.1 Å². The maximum atomic E-state index is 13.4. The zero-order chi connectivity index (χ0) is 25.5. The number of alkyl halides is 3. The van der Waals surface area contributed by atoms with Gasteiger partial charge in [-0.25, -0.2) is 0 Å². The number of hydrogen-bond acceptors (Lipinski definition) is 5. The van der Waals surface area contributed by atoms with Gasteiger partial charge in [-0.05, 0) is 55.9 Å². The first kappa shape index (κ1) is 24.6. The standard InChI is InChI=1S/C24H27F3N6O2/c1-14-9-21(30-31(14)2)23(35)32-7-5-15(6-8-32)18-12-33(13-19(18)22(29)34)17-4-3-16(11-28)20(10-17)24(25,26)27/h3-4,9-10,15,18-19H,5-8,12-13H2,1-2H3,(H2,29,34). The molecule has 1 aromatic carbocycles. The molecule has 0 spiro atoms. The Labute approximate surface area is 201 Å². The van der Waals surface area contributed by atoms with E-state index in [1.54, 1.807) is 33.7 Å². The highest BCUT2D eigenvalue weighted by Crippen LogP contribution is 2.40. The Kier molecular flexibility index (Phi) is 6.49. The van der Waals surface area contributed by atoms with Crippen LogP contribution in [0.25, 0.3) is 0 Å². The van der Waals surface area contributed by atoms with Crippen molar-refractivity contribution in [3.63, 3.8) is 0 Å². The summed E-state index contributed by atoms with van der Waals surface area (Å²) in [6.45, 7) is 3.49. The molecule has 2 atom stereocenters. The number of nitrogens with two attached hydrogens (primary N) is 1. The number of likely N-dealkylation sites (tertiary alicyclic amines) is 1. The van der Waals surface area contributed by atoms with Crippen LogP contribution in [0.1, 0.15) is 40.2 Å². The first-order valence-electron chi connectivity index (χ1n) is 11.4. The fourth-order valence-electron chi connectivity index (χ4n) is 5.24. The Hall–Kier alpha value is -3.55. The lowest BCUT2D eigenvalue weighted by Crippen LogP contribution is -2.42. The quantitative estimate of drug-likeness (QED) is 0.712. The first-order chi connectivity index (χ1) is 16.5. The number of nitrogens with zero attached hydrogens (tertiary/aromatic N) is 5. The second-order valence-electron chi connectivity index (χ2n) is 9.34. The number of aryl methyl sites for hydroxylation is 2. The molecule has 8 nitrogen and oxygen atoms in total. The topological polar surface area (TPSA) is 108 Å². The van der Waals surface area contributed by atoms with Crippen molar-refractivity contribution < 1.29 is 22.8 Å². The molecule has 1 aromatic heterocycles. The lowest BCUT2D eigenvalue weighted by atomic mass is 9.78. The smallest absolute Gasteiger partial charge is 0.370 e. The summed E-state index contributed by atoms with van der Waals surface area (Å²) in [6.07, 6.45) is -3.32.